The fourth-order valence-electron chi connectivity index (χ4n) is 6.96. The summed E-state index contributed by atoms with van der Waals surface area (Å²) in [6, 6.07) is 12.6. The molecule has 4 aromatic heterocycles. The first-order valence-corrected chi connectivity index (χ1v) is 24.2. The number of anilines is 2. The highest BCUT2D eigenvalue weighted by atomic mass is 32.1. The quantitative estimate of drug-likeness (QED) is 0.0806. The molecule has 0 saturated heterocycles. The molecule has 1 N–H and O–H groups in total. The molecule has 1 aliphatic rings. The largest absolute Gasteiger partial charge is 0.490 e. The summed E-state index contributed by atoms with van der Waals surface area (Å²) in [5, 5.41) is 20.8. The van der Waals surface area contributed by atoms with Crippen LogP contribution in [0.15, 0.2) is 47.6 Å². The van der Waals surface area contributed by atoms with Crippen molar-refractivity contribution in [3.05, 3.63) is 80.5 Å². The summed E-state index contributed by atoms with van der Waals surface area (Å²) < 4.78 is 32.4. The van der Waals surface area contributed by atoms with Crippen molar-refractivity contribution in [1.29, 1.82) is 0 Å². The Morgan fingerprint density at radius 2 is 1.91 bits per heavy atom. The van der Waals surface area contributed by atoms with Crippen LogP contribution in [0.3, 0.4) is 0 Å². The van der Waals surface area contributed by atoms with Crippen LogP contribution in [-0.2, 0) is 37.9 Å². The Kier molecular flexibility index (Phi) is 11.7. The lowest BCUT2D eigenvalue weighted by Crippen LogP contribution is -2.27. The number of carboxylic acids is 1. The molecular formula is C40H49FN8O4S2Si. The first-order chi connectivity index (χ1) is 26.8. The van der Waals surface area contributed by atoms with Gasteiger partial charge in [-0.15, -0.1) is 21.5 Å². The Morgan fingerprint density at radius 3 is 2.68 bits per heavy atom. The molecule has 6 aromatic rings. The number of aryl methyl sites for hydroxylation is 2. The number of para-hydroxylation sites is 1. The van der Waals surface area contributed by atoms with E-state index < -0.39 is 19.9 Å². The molecule has 0 saturated carbocycles. The number of thiazole rings is 2. The van der Waals surface area contributed by atoms with Gasteiger partial charge in [0.15, 0.2) is 38.8 Å². The summed E-state index contributed by atoms with van der Waals surface area (Å²) in [6.45, 7) is 11.7. The van der Waals surface area contributed by atoms with Crippen molar-refractivity contribution in [2.75, 3.05) is 38.8 Å². The van der Waals surface area contributed by atoms with Crippen molar-refractivity contribution < 1.29 is 23.8 Å². The second-order valence-electron chi connectivity index (χ2n) is 15.8. The van der Waals surface area contributed by atoms with Gasteiger partial charge in [0.05, 0.1) is 22.3 Å². The van der Waals surface area contributed by atoms with Crippen molar-refractivity contribution in [2.24, 2.45) is 12.0 Å². The van der Waals surface area contributed by atoms with E-state index in [1.54, 1.807) is 17.4 Å². The lowest BCUT2D eigenvalue weighted by atomic mass is 10.0. The Balaban J connectivity index is 1.09. The zero-order valence-corrected chi connectivity index (χ0v) is 35.7. The molecule has 0 bridgehead atoms. The molecule has 0 unspecified atom stereocenters. The Labute approximate surface area is 334 Å². The van der Waals surface area contributed by atoms with Gasteiger partial charge in [-0.25, -0.2) is 14.2 Å². The van der Waals surface area contributed by atoms with Crippen LogP contribution >= 0.6 is 22.7 Å². The number of rotatable bonds is 15. The van der Waals surface area contributed by atoms with Crippen LogP contribution in [0.2, 0.25) is 25.7 Å². The number of nitrogens with zero attached hydrogens (tertiary/aromatic N) is 8. The van der Waals surface area contributed by atoms with Gasteiger partial charge in [0, 0.05) is 68.5 Å². The van der Waals surface area contributed by atoms with Gasteiger partial charge in [0.1, 0.15) is 6.73 Å². The third-order valence-electron chi connectivity index (χ3n) is 9.91. The Morgan fingerprint density at radius 1 is 1.11 bits per heavy atom. The smallest absolute Gasteiger partial charge is 0.355 e. The van der Waals surface area contributed by atoms with E-state index in [-0.39, 0.29) is 18.1 Å². The van der Waals surface area contributed by atoms with E-state index in [1.807, 2.05) is 60.8 Å². The highest BCUT2D eigenvalue weighted by Crippen LogP contribution is 2.39. The van der Waals surface area contributed by atoms with Gasteiger partial charge < -0.3 is 28.9 Å². The van der Waals surface area contributed by atoms with E-state index >= 15 is 4.39 Å². The number of hydrogen-bond donors (Lipinski definition) is 1. The Hall–Kier alpha value is -4.48. The van der Waals surface area contributed by atoms with E-state index in [0.29, 0.717) is 60.9 Å². The van der Waals surface area contributed by atoms with E-state index in [0.717, 1.165) is 61.5 Å². The number of ether oxygens (including phenoxy) is 2. The van der Waals surface area contributed by atoms with E-state index in [9.17, 15) is 9.90 Å². The molecule has 0 amide bonds. The molecule has 16 heteroatoms. The molecule has 0 atom stereocenters. The third kappa shape index (κ3) is 8.59. The molecule has 0 radical (unpaired) electrons. The maximum absolute atomic E-state index is 15.2. The number of carbonyl (C=O) groups is 1. The van der Waals surface area contributed by atoms with E-state index in [1.165, 1.54) is 17.4 Å². The minimum atomic E-state index is -1.23. The van der Waals surface area contributed by atoms with Crippen LogP contribution in [0.4, 0.5) is 21.2 Å². The van der Waals surface area contributed by atoms with Crippen molar-refractivity contribution in [1.82, 2.24) is 29.2 Å². The molecule has 56 heavy (non-hydrogen) atoms. The zero-order chi connectivity index (χ0) is 39.7. The number of halogens is 1. The number of hydrogen-bond acceptors (Lipinski definition) is 11. The van der Waals surface area contributed by atoms with Crippen LogP contribution in [0.25, 0.3) is 21.1 Å². The number of aromatic nitrogens is 5. The van der Waals surface area contributed by atoms with Crippen molar-refractivity contribution in [2.45, 2.75) is 71.6 Å². The predicted molar refractivity (Wildman–Crippen MR) is 224 cm³/mol. The van der Waals surface area contributed by atoms with Crippen LogP contribution in [-0.4, -0.2) is 82.2 Å². The van der Waals surface area contributed by atoms with Crippen LogP contribution in [0, 0.1) is 12.7 Å². The summed E-state index contributed by atoms with van der Waals surface area (Å²) in [5.74, 6) is -0.109. The van der Waals surface area contributed by atoms with Gasteiger partial charge in [0.25, 0.3) is 0 Å². The van der Waals surface area contributed by atoms with Crippen molar-refractivity contribution >= 4 is 74.6 Å². The average Bonchev–Trinajstić information content (AvgIpc) is 3.82. The van der Waals surface area contributed by atoms with Gasteiger partial charge in [0.2, 0.25) is 0 Å². The molecule has 7 rings (SSSR count). The molecule has 296 valence electrons. The second kappa shape index (κ2) is 16.5. The van der Waals surface area contributed by atoms with E-state index in [4.69, 9.17) is 14.5 Å². The van der Waals surface area contributed by atoms with E-state index in [2.05, 4.69) is 51.5 Å². The lowest BCUT2D eigenvalue weighted by molar-refractivity contribution is 0.0690. The molecule has 12 nitrogen and oxygen atoms in total. The van der Waals surface area contributed by atoms with Gasteiger partial charge >= 0.3 is 5.97 Å². The lowest BCUT2D eigenvalue weighted by Gasteiger charge is -2.28. The number of fused-ring (bicyclic) bond motifs is 3. The summed E-state index contributed by atoms with van der Waals surface area (Å²) in [5.41, 5.74) is 4.97. The second-order valence-corrected chi connectivity index (χ2v) is 23.5. The maximum Gasteiger partial charge on any atom is 0.355 e. The number of aromatic carboxylic acids is 1. The Bertz CT molecular complexity index is 2470. The predicted octanol–water partition coefficient (Wildman–Crippen LogP) is 8.29. The third-order valence-corrected chi connectivity index (χ3v) is 13.8. The molecule has 1 aliphatic heterocycles. The molecule has 2 aromatic carbocycles. The van der Waals surface area contributed by atoms with Crippen LogP contribution in [0.1, 0.15) is 44.9 Å². The zero-order valence-electron chi connectivity index (χ0n) is 33.1. The summed E-state index contributed by atoms with van der Waals surface area (Å²) >= 11 is 2.94. The minimum Gasteiger partial charge on any atom is -0.490 e. The molecule has 0 fully saturated rings. The standard InChI is InChI=1S/C40H49FN8O4S2Si/c1-25-27-12-10-16-48(37(27)45-44-36(25)43-40-49(24-52-18-19-56(5,6)7)30-13-8-9-14-33(30)54-40)39-42-35(38(50)51)34(55-39)15-11-17-53-32-21-31-28(20-29(32)41)26(22-46(2)3)23-47(31)4/h8-9,13-14,20-21,23H,10-12,15-19,22,24H2,1-7H3,(H,50,51)/b43-40-. The molecule has 0 aliphatic carbocycles. The SMILES string of the molecule is Cc1c(/N=c2\sc3ccccc3n2COCC[Si](C)(C)C)nnc2c1CCCN2c1nc(C(=O)O)c(CCCOc2cc3c(cc2F)c(CN(C)C)cn3C)s1. The van der Waals surface area contributed by atoms with Crippen molar-refractivity contribution in [3.63, 3.8) is 0 Å². The topological polar surface area (TPSA) is 123 Å². The molecule has 5 heterocycles. The van der Waals surface area contributed by atoms with Crippen LogP contribution in [0.5, 0.6) is 5.75 Å². The summed E-state index contributed by atoms with van der Waals surface area (Å²) in [7, 11) is 4.68. The monoisotopic (exact) mass is 816 g/mol. The van der Waals surface area contributed by atoms with Gasteiger partial charge in [-0.1, -0.05) is 43.1 Å². The first kappa shape index (κ1) is 39.7. The van der Waals surface area contributed by atoms with Gasteiger partial charge in [-0.05, 0) is 76.5 Å². The fourth-order valence-corrected chi connectivity index (χ4v) is 9.86. The molecule has 0 spiro atoms. The van der Waals surface area contributed by atoms with Gasteiger partial charge in [-0.2, -0.15) is 4.99 Å². The van der Waals surface area contributed by atoms with Gasteiger partial charge in [-0.3, -0.25) is 4.57 Å². The minimum absolute atomic E-state index is 0.0136. The van der Waals surface area contributed by atoms with Crippen molar-refractivity contribution in [3.8, 4) is 5.75 Å². The summed E-state index contributed by atoms with van der Waals surface area (Å²) in [6.07, 6.45) is 4.55. The maximum atomic E-state index is 15.2. The number of carboxylic acid groups (broad SMARTS) is 1. The number of benzene rings is 2. The highest BCUT2D eigenvalue weighted by Gasteiger charge is 2.28. The fraction of sp³-hybridized carbons (Fsp3) is 0.425. The highest BCUT2D eigenvalue weighted by molar-refractivity contribution is 7.16. The first-order valence-electron chi connectivity index (χ1n) is 18.9. The normalized spacial score (nSPS) is 13.7. The average molecular weight is 817 g/mol. The summed E-state index contributed by atoms with van der Waals surface area (Å²) in [4.78, 5) is 27.4. The molecular weight excluding hydrogens is 768 g/mol. The van der Waals surface area contributed by atoms with Crippen LogP contribution < -0.4 is 14.4 Å².